The van der Waals surface area contributed by atoms with Gasteiger partial charge >= 0.3 is 0 Å². The van der Waals surface area contributed by atoms with Crippen LogP contribution in [0.4, 0.5) is 4.39 Å². The summed E-state index contributed by atoms with van der Waals surface area (Å²) >= 11 is 0. The van der Waals surface area contributed by atoms with Crippen molar-refractivity contribution in [2.75, 3.05) is 26.0 Å². The van der Waals surface area contributed by atoms with E-state index in [-0.39, 0.29) is 4.90 Å². The molecule has 0 aromatic heterocycles. The molecule has 0 amide bonds. The molecule has 1 unspecified atom stereocenters. The van der Waals surface area contributed by atoms with E-state index in [0.717, 1.165) is 18.9 Å². The van der Waals surface area contributed by atoms with Crippen LogP contribution in [0.2, 0.25) is 0 Å². The second-order valence-corrected chi connectivity index (χ2v) is 6.69. The standard InChI is InChI=1S/C12H16FNO3S/c1-12(8-14-5-6-17-12)10-4-3-9(7-11(10)13)18(2,15)16/h3-4,7,14H,5-6,8H2,1-2H3. The molecule has 1 aliphatic rings. The molecule has 1 atom stereocenters. The molecule has 0 bridgehead atoms. The van der Waals surface area contributed by atoms with Crippen molar-refractivity contribution in [2.24, 2.45) is 0 Å². The number of hydrogen-bond donors (Lipinski definition) is 1. The van der Waals surface area contributed by atoms with Gasteiger partial charge in [0.2, 0.25) is 0 Å². The van der Waals surface area contributed by atoms with E-state index >= 15 is 0 Å². The normalized spacial score (nSPS) is 25.1. The fourth-order valence-corrected chi connectivity index (χ4v) is 2.69. The minimum Gasteiger partial charge on any atom is -0.368 e. The molecule has 18 heavy (non-hydrogen) atoms. The van der Waals surface area contributed by atoms with Gasteiger partial charge in [0, 0.05) is 24.9 Å². The lowest BCUT2D eigenvalue weighted by Gasteiger charge is -2.35. The minimum atomic E-state index is -3.39. The zero-order valence-corrected chi connectivity index (χ0v) is 11.2. The van der Waals surface area contributed by atoms with Gasteiger partial charge in [0.15, 0.2) is 9.84 Å². The van der Waals surface area contributed by atoms with Crippen molar-refractivity contribution < 1.29 is 17.5 Å². The molecule has 4 nitrogen and oxygen atoms in total. The van der Waals surface area contributed by atoms with Gasteiger partial charge in [0.1, 0.15) is 11.4 Å². The maximum absolute atomic E-state index is 14.0. The number of benzene rings is 1. The van der Waals surface area contributed by atoms with Crippen LogP contribution in [0.3, 0.4) is 0 Å². The van der Waals surface area contributed by atoms with Crippen molar-refractivity contribution in [1.82, 2.24) is 5.32 Å². The molecule has 1 aliphatic heterocycles. The molecule has 100 valence electrons. The number of nitrogens with one attached hydrogen (secondary N) is 1. The molecule has 1 aromatic rings. The van der Waals surface area contributed by atoms with Crippen molar-refractivity contribution in [3.05, 3.63) is 29.6 Å². The summed E-state index contributed by atoms with van der Waals surface area (Å²) in [5.74, 6) is -0.552. The third-order valence-electron chi connectivity index (χ3n) is 3.10. The third kappa shape index (κ3) is 2.55. The first-order valence-electron chi connectivity index (χ1n) is 5.68. The summed E-state index contributed by atoms with van der Waals surface area (Å²) in [5, 5.41) is 3.14. The highest BCUT2D eigenvalue weighted by Gasteiger charge is 2.32. The lowest BCUT2D eigenvalue weighted by molar-refractivity contribution is -0.0593. The highest BCUT2D eigenvalue weighted by molar-refractivity contribution is 7.90. The minimum absolute atomic E-state index is 0.0175. The molecule has 1 fully saturated rings. The number of sulfone groups is 1. The lowest BCUT2D eigenvalue weighted by atomic mass is 9.94. The topological polar surface area (TPSA) is 55.4 Å². The van der Waals surface area contributed by atoms with E-state index < -0.39 is 21.3 Å². The highest BCUT2D eigenvalue weighted by atomic mass is 32.2. The van der Waals surface area contributed by atoms with E-state index in [1.807, 2.05) is 0 Å². The summed E-state index contributed by atoms with van der Waals surface area (Å²) in [6, 6.07) is 3.95. The van der Waals surface area contributed by atoms with Crippen LogP contribution < -0.4 is 5.32 Å². The molecule has 0 aliphatic carbocycles. The second kappa shape index (κ2) is 4.60. The van der Waals surface area contributed by atoms with Crippen LogP contribution >= 0.6 is 0 Å². The Kier molecular flexibility index (Phi) is 3.44. The first-order valence-corrected chi connectivity index (χ1v) is 7.57. The maximum Gasteiger partial charge on any atom is 0.175 e. The molecule has 1 saturated heterocycles. The molecule has 0 radical (unpaired) electrons. The van der Waals surface area contributed by atoms with E-state index in [2.05, 4.69) is 5.32 Å². The quantitative estimate of drug-likeness (QED) is 0.875. The Morgan fingerprint density at radius 2 is 2.17 bits per heavy atom. The SMILES string of the molecule is CC1(c2ccc(S(C)(=O)=O)cc2F)CNCCO1. The Morgan fingerprint density at radius 3 is 2.67 bits per heavy atom. The van der Waals surface area contributed by atoms with Crippen LogP contribution in [0, 0.1) is 5.82 Å². The van der Waals surface area contributed by atoms with E-state index in [0.29, 0.717) is 18.7 Å². The van der Waals surface area contributed by atoms with Gasteiger partial charge in [-0.15, -0.1) is 0 Å². The van der Waals surface area contributed by atoms with E-state index in [9.17, 15) is 12.8 Å². The number of rotatable bonds is 2. The average molecular weight is 273 g/mol. The van der Waals surface area contributed by atoms with Gasteiger partial charge < -0.3 is 10.1 Å². The first kappa shape index (κ1) is 13.5. The Labute approximate surface area is 106 Å². The summed E-state index contributed by atoms with van der Waals surface area (Å²) in [5.41, 5.74) is -0.375. The monoisotopic (exact) mass is 273 g/mol. The second-order valence-electron chi connectivity index (χ2n) is 4.67. The summed E-state index contributed by atoms with van der Waals surface area (Å²) in [6.45, 7) is 3.53. The average Bonchev–Trinajstić information content (AvgIpc) is 2.28. The Balaban J connectivity index is 2.41. The van der Waals surface area contributed by atoms with Gasteiger partial charge in [-0.05, 0) is 19.1 Å². The van der Waals surface area contributed by atoms with Crippen molar-refractivity contribution in [3.63, 3.8) is 0 Å². The van der Waals surface area contributed by atoms with Crippen LogP contribution in [0.5, 0.6) is 0 Å². The predicted molar refractivity (Wildman–Crippen MR) is 65.7 cm³/mol. The van der Waals surface area contributed by atoms with Crippen LogP contribution in [0.1, 0.15) is 12.5 Å². The van der Waals surface area contributed by atoms with E-state index in [4.69, 9.17) is 4.74 Å². The molecule has 6 heteroatoms. The zero-order valence-electron chi connectivity index (χ0n) is 10.4. The molecule has 2 rings (SSSR count). The molecule has 0 saturated carbocycles. The van der Waals surface area contributed by atoms with E-state index in [1.165, 1.54) is 12.1 Å². The van der Waals surface area contributed by atoms with Crippen LogP contribution in [0.15, 0.2) is 23.1 Å². The van der Waals surface area contributed by atoms with Gasteiger partial charge in [-0.2, -0.15) is 0 Å². The highest BCUT2D eigenvalue weighted by Crippen LogP contribution is 2.29. The summed E-state index contributed by atoms with van der Waals surface area (Å²) < 4.78 is 42.3. The molecular formula is C12H16FNO3S. The van der Waals surface area contributed by atoms with Gasteiger partial charge in [0.05, 0.1) is 11.5 Å². The Bertz CT molecular complexity index is 550. The van der Waals surface area contributed by atoms with Crippen molar-refractivity contribution in [3.8, 4) is 0 Å². The largest absolute Gasteiger partial charge is 0.368 e. The molecular weight excluding hydrogens is 257 g/mol. The molecule has 1 aromatic carbocycles. The zero-order chi connectivity index (χ0) is 13.4. The van der Waals surface area contributed by atoms with Gasteiger partial charge in [-0.25, -0.2) is 12.8 Å². The van der Waals surface area contributed by atoms with Gasteiger partial charge in [-0.1, -0.05) is 6.07 Å². The van der Waals surface area contributed by atoms with Crippen LogP contribution in [0.25, 0.3) is 0 Å². The fraction of sp³-hybridized carbons (Fsp3) is 0.500. The predicted octanol–water partition coefficient (Wildman–Crippen LogP) is 1.06. The Hall–Kier alpha value is -0.980. The van der Waals surface area contributed by atoms with Gasteiger partial charge in [-0.3, -0.25) is 0 Å². The maximum atomic E-state index is 14.0. The van der Waals surface area contributed by atoms with Crippen molar-refractivity contribution in [1.29, 1.82) is 0 Å². The molecule has 0 spiro atoms. The van der Waals surface area contributed by atoms with Gasteiger partial charge in [0.25, 0.3) is 0 Å². The first-order chi connectivity index (χ1) is 8.33. The summed E-state index contributed by atoms with van der Waals surface area (Å²) in [4.78, 5) is -0.0175. The molecule has 1 heterocycles. The lowest BCUT2D eigenvalue weighted by Crippen LogP contribution is -2.45. The molecule has 1 N–H and O–H groups in total. The van der Waals surface area contributed by atoms with Crippen LogP contribution in [-0.4, -0.2) is 34.4 Å². The van der Waals surface area contributed by atoms with Crippen LogP contribution in [-0.2, 0) is 20.2 Å². The summed E-state index contributed by atoms with van der Waals surface area (Å²) in [6.07, 6.45) is 1.06. The number of halogens is 1. The third-order valence-corrected chi connectivity index (χ3v) is 4.21. The smallest absolute Gasteiger partial charge is 0.175 e. The summed E-state index contributed by atoms with van der Waals surface area (Å²) in [7, 11) is -3.39. The number of hydrogen-bond acceptors (Lipinski definition) is 4. The van der Waals surface area contributed by atoms with Crippen molar-refractivity contribution in [2.45, 2.75) is 17.4 Å². The fourth-order valence-electron chi connectivity index (χ4n) is 2.05. The Morgan fingerprint density at radius 1 is 1.44 bits per heavy atom. The number of ether oxygens (including phenoxy) is 1. The van der Waals surface area contributed by atoms with E-state index in [1.54, 1.807) is 6.92 Å². The van der Waals surface area contributed by atoms with Crippen molar-refractivity contribution >= 4 is 9.84 Å². The number of morpholine rings is 1.